The molecule has 0 amide bonds. The average Bonchev–Trinajstić information content (AvgIpc) is 2.66. The van der Waals surface area contributed by atoms with Crippen LogP contribution in [-0.2, 0) is 9.53 Å². The molecule has 3 atom stereocenters. The number of thiocarbonyl (C=S) groups is 1. The lowest BCUT2D eigenvalue weighted by atomic mass is 9.88. The molecule has 1 heterocycles. The molecule has 0 radical (unpaired) electrons. The molecule has 7 heteroatoms. The van der Waals surface area contributed by atoms with Crippen molar-refractivity contribution in [3.63, 3.8) is 0 Å². The van der Waals surface area contributed by atoms with Gasteiger partial charge in [-0.15, -0.1) is 0 Å². The third-order valence-corrected chi connectivity index (χ3v) is 5.62. The fourth-order valence-electron chi connectivity index (χ4n) is 3.96. The number of allylic oxidation sites excluding steroid dienone is 1. The fraction of sp³-hybridized carbons (Fsp3) is 0.524. The molecule has 0 aromatic heterocycles. The van der Waals surface area contributed by atoms with Gasteiger partial charge in [0.25, 0.3) is 0 Å². The molecule has 28 heavy (non-hydrogen) atoms. The largest absolute Gasteiger partial charge is 0.497 e. The van der Waals surface area contributed by atoms with Gasteiger partial charge in [-0.1, -0.05) is 13.3 Å². The molecule has 1 saturated carbocycles. The number of carbonyl (C=O) groups excluding carboxylic acids is 1. The summed E-state index contributed by atoms with van der Waals surface area (Å²) >= 11 is 5.34. The third-order valence-electron chi connectivity index (χ3n) is 5.40. The molecule has 1 fully saturated rings. The molecule has 2 N–H and O–H groups in total. The van der Waals surface area contributed by atoms with E-state index in [1.807, 2.05) is 25.1 Å². The van der Waals surface area contributed by atoms with Gasteiger partial charge in [0, 0.05) is 11.3 Å². The van der Waals surface area contributed by atoms with Gasteiger partial charge in [0.1, 0.15) is 17.6 Å². The van der Waals surface area contributed by atoms with E-state index in [0.29, 0.717) is 33.8 Å². The second-order valence-corrected chi connectivity index (χ2v) is 7.89. The van der Waals surface area contributed by atoms with E-state index in [4.69, 9.17) is 26.4 Å². The molecule has 1 aliphatic heterocycles. The van der Waals surface area contributed by atoms with Crippen molar-refractivity contribution < 1.29 is 19.0 Å². The average molecular weight is 405 g/mol. The zero-order valence-corrected chi connectivity index (χ0v) is 17.7. The predicted octanol–water partition coefficient (Wildman–Crippen LogP) is 3.62. The predicted molar refractivity (Wildman–Crippen MR) is 111 cm³/mol. The Morgan fingerprint density at radius 2 is 2.00 bits per heavy atom. The molecular weight excluding hydrogens is 376 g/mol. The summed E-state index contributed by atoms with van der Waals surface area (Å²) in [5.41, 5.74) is 1.97. The lowest BCUT2D eigenvalue weighted by molar-refractivity contribution is -0.146. The van der Waals surface area contributed by atoms with Crippen molar-refractivity contribution in [3.8, 4) is 11.5 Å². The van der Waals surface area contributed by atoms with E-state index in [1.54, 1.807) is 14.2 Å². The SMILES string of the molecule is COc1ccc(OC)c([C@@H]2NC(=S)NC(C)=C2C(=O)O[C@H]2CCC[C@@H](C)C2)c1. The van der Waals surface area contributed by atoms with Crippen LogP contribution in [0, 0.1) is 5.92 Å². The summed E-state index contributed by atoms with van der Waals surface area (Å²) in [4.78, 5) is 13.2. The van der Waals surface area contributed by atoms with Gasteiger partial charge in [-0.25, -0.2) is 4.79 Å². The number of hydrogen-bond donors (Lipinski definition) is 2. The van der Waals surface area contributed by atoms with E-state index in [1.165, 1.54) is 6.42 Å². The highest BCUT2D eigenvalue weighted by Crippen LogP contribution is 2.36. The number of esters is 1. The van der Waals surface area contributed by atoms with E-state index in [2.05, 4.69) is 17.6 Å². The summed E-state index contributed by atoms with van der Waals surface area (Å²) in [6.45, 7) is 4.05. The second kappa shape index (κ2) is 8.82. The van der Waals surface area contributed by atoms with Gasteiger partial charge in [0.2, 0.25) is 0 Å². The van der Waals surface area contributed by atoms with Gasteiger partial charge >= 0.3 is 5.97 Å². The summed E-state index contributed by atoms with van der Waals surface area (Å²) in [7, 11) is 3.20. The maximum absolute atomic E-state index is 13.2. The first-order valence-electron chi connectivity index (χ1n) is 9.64. The highest BCUT2D eigenvalue weighted by molar-refractivity contribution is 7.80. The van der Waals surface area contributed by atoms with Crippen LogP contribution in [0.3, 0.4) is 0 Å². The number of rotatable bonds is 5. The van der Waals surface area contributed by atoms with Crippen LogP contribution >= 0.6 is 12.2 Å². The van der Waals surface area contributed by atoms with Crippen LogP contribution in [0.15, 0.2) is 29.5 Å². The standard InChI is InChI=1S/C21H28N2O4S/c1-12-6-5-7-15(10-12)27-20(24)18-13(2)22-21(28)23-19(18)16-11-14(25-3)8-9-17(16)26-4/h8-9,11-12,15,19H,5-7,10H2,1-4H3,(H2,22,23,28)/t12-,15+,19+/m1/s1. The van der Waals surface area contributed by atoms with Crippen molar-refractivity contribution in [1.82, 2.24) is 10.6 Å². The molecule has 152 valence electrons. The molecule has 6 nitrogen and oxygen atoms in total. The molecule has 1 aromatic rings. The zero-order valence-electron chi connectivity index (χ0n) is 16.8. The van der Waals surface area contributed by atoms with Crippen LogP contribution < -0.4 is 20.1 Å². The number of carbonyl (C=O) groups is 1. The van der Waals surface area contributed by atoms with Gasteiger partial charge in [0.05, 0.1) is 25.8 Å². The Morgan fingerprint density at radius 1 is 1.21 bits per heavy atom. The molecule has 0 unspecified atom stereocenters. The number of methoxy groups -OCH3 is 2. The molecule has 2 aliphatic rings. The molecule has 3 rings (SSSR count). The smallest absolute Gasteiger partial charge is 0.338 e. The topological polar surface area (TPSA) is 68.8 Å². The fourth-order valence-corrected chi connectivity index (χ4v) is 4.23. The van der Waals surface area contributed by atoms with E-state index in [0.717, 1.165) is 24.8 Å². The monoisotopic (exact) mass is 404 g/mol. The van der Waals surface area contributed by atoms with Crippen LogP contribution in [0.1, 0.15) is 51.1 Å². The minimum absolute atomic E-state index is 0.0433. The first kappa shape index (κ1) is 20.5. The maximum Gasteiger partial charge on any atom is 0.338 e. The number of ether oxygens (including phenoxy) is 3. The molecule has 1 aliphatic carbocycles. The second-order valence-electron chi connectivity index (χ2n) is 7.48. The minimum atomic E-state index is -0.479. The first-order valence-corrected chi connectivity index (χ1v) is 10.0. The maximum atomic E-state index is 13.2. The highest BCUT2D eigenvalue weighted by Gasteiger charge is 2.34. The van der Waals surface area contributed by atoms with Crippen molar-refractivity contribution in [2.45, 2.75) is 51.7 Å². The number of hydrogen-bond acceptors (Lipinski definition) is 5. The first-order chi connectivity index (χ1) is 13.4. The third kappa shape index (κ3) is 4.41. The van der Waals surface area contributed by atoms with Crippen LogP contribution in [-0.4, -0.2) is 31.4 Å². The number of benzene rings is 1. The number of nitrogens with one attached hydrogen (secondary N) is 2. The van der Waals surface area contributed by atoms with E-state index in [9.17, 15) is 4.79 Å². The van der Waals surface area contributed by atoms with Gasteiger partial charge in [-0.3, -0.25) is 0 Å². The Labute approximate surface area is 171 Å². The summed E-state index contributed by atoms with van der Waals surface area (Å²) in [6.07, 6.45) is 4.05. The summed E-state index contributed by atoms with van der Waals surface area (Å²) in [5, 5.41) is 6.70. The van der Waals surface area contributed by atoms with Crippen LogP contribution in [0.5, 0.6) is 11.5 Å². The van der Waals surface area contributed by atoms with Crippen LogP contribution in [0.25, 0.3) is 0 Å². The summed E-state index contributed by atoms with van der Waals surface area (Å²) in [5.74, 6) is 1.57. The van der Waals surface area contributed by atoms with E-state index >= 15 is 0 Å². The Balaban J connectivity index is 1.94. The summed E-state index contributed by atoms with van der Waals surface area (Å²) in [6, 6.07) is 5.02. The highest BCUT2D eigenvalue weighted by atomic mass is 32.1. The Bertz CT molecular complexity index is 793. The zero-order chi connectivity index (χ0) is 20.3. The molecular formula is C21H28N2O4S. The normalized spacial score (nSPS) is 24.9. The Kier molecular flexibility index (Phi) is 6.44. The molecule has 0 spiro atoms. The quantitative estimate of drug-likeness (QED) is 0.574. The van der Waals surface area contributed by atoms with Crippen molar-refractivity contribution >= 4 is 23.3 Å². The summed E-state index contributed by atoms with van der Waals surface area (Å²) < 4.78 is 16.8. The van der Waals surface area contributed by atoms with Crippen LogP contribution in [0.4, 0.5) is 0 Å². The van der Waals surface area contributed by atoms with Crippen molar-refractivity contribution in [3.05, 3.63) is 35.0 Å². The lowest BCUT2D eigenvalue weighted by Crippen LogP contribution is -2.45. The Hall–Kier alpha value is -2.28. The van der Waals surface area contributed by atoms with Gasteiger partial charge in [0.15, 0.2) is 5.11 Å². The lowest BCUT2D eigenvalue weighted by Gasteiger charge is -2.32. The van der Waals surface area contributed by atoms with Crippen molar-refractivity contribution in [2.75, 3.05) is 14.2 Å². The minimum Gasteiger partial charge on any atom is -0.497 e. The van der Waals surface area contributed by atoms with Gasteiger partial charge in [-0.2, -0.15) is 0 Å². The van der Waals surface area contributed by atoms with Crippen LogP contribution in [0.2, 0.25) is 0 Å². The van der Waals surface area contributed by atoms with Gasteiger partial charge < -0.3 is 24.8 Å². The van der Waals surface area contributed by atoms with E-state index < -0.39 is 6.04 Å². The molecule has 1 aromatic carbocycles. The van der Waals surface area contributed by atoms with Crippen molar-refractivity contribution in [2.24, 2.45) is 5.92 Å². The molecule has 0 bridgehead atoms. The van der Waals surface area contributed by atoms with E-state index in [-0.39, 0.29) is 12.1 Å². The van der Waals surface area contributed by atoms with Crippen molar-refractivity contribution in [1.29, 1.82) is 0 Å². The van der Waals surface area contributed by atoms with Gasteiger partial charge in [-0.05, 0) is 62.5 Å². The Morgan fingerprint density at radius 3 is 2.68 bits per heavy atom. The molecule has 0 saturated heterocycles.